The van der Waals surface area contributed by atoms with Crippen molar-refractivity contribution in [2.24, 2.45) is 11.8 Å². The molecule has 1 aromatic carbocycles. The summed E-state index contributed by atoms with van der Waals surface area (Å²) in [6.45, 7) is 0. The van der Waals surface area contributed by atoms with Gasteiger partial charge in [-0.2, -0.15) is 0 Å². The fourth-order valence-electron chi connectivity index (χ4n) is 3.42. The molecule has 1 aromatic rings. The average molecular weight is 349 g/mol. The summed E-state index contributed by atoms with van der Waals surface area (Å²) in [5.41, 5.74) is 0. The van der Waals surface area contributed by atoms with Gasteiger partial charge in [0.15, 0.2) is 0 Å². The van der Waals surface area contributed by atoms with E-state index < -0.39 is 0 Å². The molecule has 1 aliphatic carbocycles. The van der Waals surface area contributed by atoms with Gasteiger partial charge in [-0.15, -0.1) is 0 Å². The third-order valence-electron chi connectivity index (χ3n) is 4.49. The first-order chi connectivity index (χ1) is 10.3. The standard InChI is InChI=1S/C18H22O2Se/c19-18-13-14-10-11-17(20-18)16(14)9-5-2-6-12-21-15-7-3-1-4-8-15/h1-5,7-8,14,16-17H,6,9-13H2/b5-2-/t14-,16+,17-/m1/s1. The third-order valence-corrected chi connectivity index (χ3v) is 6.68. The van der Waals surface area contributed by atoms with Gasteiger partial charge in [-0.1, -0.05) is 0 Å². The Hall–Kier alpha value is -1.05. The Labute approximate surface area is 133 Å². The van der Waals surface area contributed by atoms with Crippen LogP contribution in [0, 0.1) is 11.8 Å². The molecular weight excluding hydrogens is 327 g/mol. The van der Waals surface area contributed by atoms with Crippen LogP contribution in [0.4, 0.5) is 0 Å². The van der Waals surface area contributed by atoms with Gasteiger partial charge in [0, 0.05) is 0 Å². The van der Waals surface area contributed by atoms with Crippen molar-refractivity contribution >= 4 is 25.4 Å². The van der Waals surface area contributed by atoms with Crippen molar-refractivity contribution in [1.82, 2.24) is 0 Å². The Morgan fingerprint density at radius 2 is 2.05 bits per heavy atom. The molecule has 1 aliphatic heterocycles. The van der Waals surface area contributed by atoms with Crippen molar-refractivity contribution < 1.29 is 9.53 Å². The molecule has 21 heavy (non-hydrogen) atoms. The minimum atomic E-state index is 0.0216. The van der Waals surface area contributed by atoms with Crippen molar-refractivity contribution in [1.29, 1.82) is 0 Å². The number of hydrogen-bond acceptors (Lipinski definition) is 2. The van der Waals surface area contributed by atoms with E-state index in [0.717, 1.165) is 19.3 Å². The first-order valence-electron chi connectivity index (χ1n) is 7.85. The molecule has 1 heterocycles. The van der Waals surface area contributed by atoms with Gasteiger partial charge in [0.05, 0.1) is 0 Å². The fraction of sp³-hybridized carbons (Fsp3) is 0.500. The van der Waals surface area contributed by atoms with E-state index in [4.69, 9.17) is 4.74 Å². The topological polar surface area (TPSA) is 26.3 Å². The van der Waals surface area contributed by atoms with Gasteiger partial charge in [-0.05, 0) is 0 Å². The summed E-state index contributed by atoms with van der Waals surface area (Å²) in [4.78, 5) is 11.4. The molecule has 0 spiro atoms. The summed E-state index contributed by atoms with van der Waals surface area (Å²) < 4.78 is 6.94. The number of allylic oxidation sites excluding steroid dienone is 2. The first kappa shape index (κ1) is 14.9. The van der Waals surface area contributed by atoms with Gasteiger partial charge in [-0.3, -0.25) is 0 Å². The van der Waals surface area contributed by atoms with Crippen LogP contribution in [0.3, 0.4) is 0 Å². The van der Waals surface area contributed by atoms with Gasteiger partial charge >= 0.3 is 133 Å². The molecule has 0 radical (unpaired) electrons. The maximum atomic E-state index is 11.4. The first-order valence-corrected chi connectivity index (χ1v) is 9.92. The molecular formula is C18H22O2Se. The Kier molecular flexibility index (Phi) is 5.16. The summed E-state index contributed by atoms with van der Waals surface area (Å²) in [5, 5.41) is 1.26. The van der Waals surface area contributed by atoms with Crippen LogP contribution in [-0.2, 0) is 9.53 Å². The molecule has 2 aliphatic rings. The van der Waals surface area contributed by atoms with Crippen LogP contribution in [-0.4, -0.2) is 27.0 Å². The molecule has 1 saturated carbocycles. The van der Waals surface area contributed by atoms with Crippen molar-refractivity contribution in [3.63, 3.8) is 0 Å². The molecule has 2 bridgehead atoms. The van der Waals surface area contributed by atoms with E-state index in [0.29, 0.717) is 33.2 Å². The second-order valence-electron chi connectivity index (χ2n) is 5.89. The molecule has 3 atom stereocenters. The van der Waals surface area contributed by atoms with Crippen LogP contribution in [0.2, 0.25) is 5.32 Å². The van der Waals surface area contributed by atoms with Crippen molar-refractivity contribution in [3.8, 4) is 0 Å². The molecule has 0 amide bonds. The van der Waals surface area contributed by atoms with Crippen molar-refractivity contribution in [2.75, 3.05) is 0 Å². The Morgan fingerprint density at radius 3 is 2.86 bits per heavy atom. The number of benzene rings is 1. The second kappa shape index (κ2) is 7.28. The number of fused-ring (bicyclic) bond motifs is 2. The summed E-state index contributed by atoms with van der Waals surface area (Å²) in [6.07, 6.45) is 9.98. The summed E-state index contributed by atoms with van der Waals surface area (Å²) in [6, 6.07) is 10.8. The Bertz CT molecular complexity index is 481. The van der Waals surface area contributed by atoms with Gasteiger partial charge in [0.1, 0.15) is 0 Å². The van der Waals surface area contributed by atoms with E-state index in [9.17, 15) is 4.79 Å². The zero-order valence-electron chi connectivity index (χ0n) is 12.2. The number of carbonyl (C=O) groups is 1. The predicted molar refractivity (Wildman–Crippen MR) is 85.7 cm³/mol. The zero-order valence-corrected chi connectivity index (χ0v) is 14.0. The summed E-state index contributed by atoms with van der Waals surface area (Å²) in [5.74, 6) is 1.18. The van der Waals surface area contributed by atoms with Gasteiger partial charge in [0.2, 0.25) is 0 Å². The second-order valence-corrected chi connectivity index (χ2v) is 8.34. The molecule has 3 rings (SSSR count). The van der Waals surface area contributed by atoms with Crippen LogP contribution >= 0.6 is 0 Å². The van der Waals surface area contributed by atoms with Crippen molar-refractivity contribution in [2.45, 2.75) is 43.5 Å². The molecule has 112 valence electrons. The predicted octanol–water partition coefficient (Wildman–Crippen LogP) is 3.11. The summed E-state index contributed by atoms with van der Waals surface area (Å²) in [7, 11) is 0. The molecule has 1 saturated heterocycles. The van der Waals surface area contributed by atoms with E-state index in [-0.39, 0.29) is 12.1 Å². The molecule has 3 heteroatoms. The number of rotatable bonds is 6. The number of carbonyl (C=O) groups excluding carboxylic acids is 1. The van der Waals surface area contributed by atoms with Crippen molar-refractivity contribution in [3.05, 3.63) is 42.5 Å². The molecule has 2 fully saturated rings. The summed E-state index contributed by atoms with van der Waals surface area (Å²) >= 11 is 0.588. The number of hydrogen-bond donors (Lipinski definition) is 0. The normalized spacial score (nSPS) is 28.0. The van der Waals surface area contributed by atoms with Crippen LogP contribution in [0.25, 0.3) is 0 Å². The van der Waals surface area contributed by atoms with E-state index in [2.05, 4.69) is 42.5 Å². The van der Waals surface area contributed by atoms with E-state index in [1.54, 1.807) is 0 Å². The van der Waals surface area contributed by atoms with E-state index in [1.165, 1.54) is 16.2 Å². The van der Waals surface area contributed by atoms with Gasteiger partial charge in [0.25, 0.3) is 0 Å². The molecule has 0 N–H and O–H groups in total. The number of ether oxygens (including phenoxy) is 1. The van der Waals surface area contributed by atoms with Crippen LogP contribution in [0.1, 0.15) is 32.1 Å². The molecule has 2 nitrogen and oxygen atoms in total. The monoisotopic (exact) mass is 350 g/mol. The third kappa shape index (κ3) is 3.99. The van der Waals surface area contributed by atoms with Crippen LogP contribution in [0.5, 0.6) is 0 Å². The molecule has 0 unspecified atom stereocenters. The fourth-order valence-corrected chi connectivity index (χ4v) is 5.18. The van der Waals surface area contributed by atoms with E-state index in [1.807, 2.05) is 0 Å². The Balaban J connectivity index is 1.37. The molecule has 0 aromatic heterocycles. The Morgan fingerprint density at radius 1 is 1.19 bits per heavy atom. The minimum absolute atomic E-state index is 0.0216. The average Bonchev–Trinajstić information content (AvgIpc) is 2.74. The quantitative estimate of drug-likeness (QED) is 0.341. The van der Waals surface area contributed by atoms with Gasteiger partial charge in [-0.25, -0.2) is 0 Å². The van der Waals surface area contributed by atoms with Crippen LogP contribution < -0.4 is 4.46 Å². The zero-order chi connectivity index (χ0) is 14.5. The van der Waals surface area contributed by atoms with Gasteiger partial charge < -0.3 is 0 Å². The van der Waals surface area contributed by atoms with Crippen LogP contribution in [0.15, 0.2) is 42.5 Å². The number of esters is 1. The SMILES string of the molecule is O=C1C[C@H]2CC[C@@H](O1)[C@H]2C/C=C\CC[Se]c1ccccc1. The van der Waals surface area contributed by atoms with E-state index >= 15 is 0 Å². The maximum absolute atomic E-state index is 11.4.